The van der Waals surface area contributed by atoms with E-state index in [2.05, 4.69) is 4.98 Å². The largest absolute Gasteiger partial charge is 0.498 e. The maximum absolute atomic E-state index is 12.5. The smallest absolute Gasteiger partial charge is 0.273 e. The first-order valence-electron chi connectivity index (χ1n) is 7.50. The van der Waals surface area contributed by atoms with Crippen molar-refractivity contribution < 1.29 is 19.2 Å². The van der Waals surface area contributed by atoms with E-state index in [9.17, 15) is 14.7 Å². The molecule has 120 valence electrons. The number of quaternary nitrogens is 1. The van der Waals surface area contributed by atoms with Gasteiger partial charge >= 0.3 is 0 Å². The number of rotatable bonds is 1. The van der Waals surface area contributed by atoms with Crippen LogP contribution < -0.4 is 5.11 Å². The molecule has 0 spiro atoms. The van der Waals surface area contributed by atoms with E-state index in [1.165, 1.54) is 0 Å². The van der Waals surface area contributed by atoms with Crippen molar-refractivity contribution in [2.45, 2.75) is 39.3 Å². The van der Waals surface area contributed by atoms with Gasteiger partial charge in [-0.1, -0.05) is 6.07 Å². The summed E-state index contributed by atoms with van der Waals surface area (Å²) in [6.07, 6.45) is 0.503. The normalized spacial score (nSPS) is 25.8. The highest BCUT2D eigenvalue weighted by Crippen LogP contribution is 2.29. The molecule has 0 aromatic carbocycles. The molecule has 2 rings (SSSR count). The van der Waals surface area contributed by atoms with Crippen molar-refractivity contribution >= 4 is 12.0 Å². The highest BCUT2D eigenvalue weighted by Gasteiger charge is 2.48. The molecule has 0 bridgehead atoms. The van der Waals surface area contributed by atoms with Crippen molar-refractivity contribution in [3.8, 4) is 0 Å². The lowest BCUT2D eigenvalue weighted by atomic mass is 9.97. The minimum absolute atomic E-state index is 0.139. The molecule has 1 aliphatic heterocycles. The van der Waals surface area contributed by atoms with Gasteiger partial charge in [-0.25, -0.2) is 0 Å². The third kappa shape index (κ3) is 2.70. The Hall–Kier alpha value is -1.95. The number of hydrogen-bond acceptors (Lipinski definition) is 4. The summed E-state index contributed by atoms with van der Waals surface area (Å²) in [5.41, 5.74) is -0.0914. The number of carbonyl (C=O) groups is 2. The fraction of sp³-hybridized carbons (Fsp3) is 0.562. The summed E-state index contributed by atoms with van der Waals surface area (Å²) in [7, 11) is 0. The first-order valence-corrected chi connectivity index (χ1v) is 7.50. The minimum atomic E-state index is -1.08. The van der Waals surface area contributed by atoms with Crippen molar-refractivity contribution in [2.24, 2.45) is 0 Å². The van der Waals surface area contributed by atoms with Gasteiger partial charge in [0.25, 0.3) is 12.0 Å². The minimum Gasteiger partial charge on any atom is -0.498 e. The van der Waals surface area contributed by atoms with Crippen LogP contribution >= 0.6 is 0 Å². The van der Waals surface area contributed by atoms with Crippen LogP contribution in [-0.4, -0.2) is 57.6 Å². The van der Waals surface area contributed by atoms with E-state index in [-0.39, 0.29) is 16.4 Å². The number of carboxylic acid groups (broad SMARTS) is 1. The zero-order chi connectivity index (χ0) is 16.5. The van der Waals surface area contributed by atoms with Gasteiger partial charge in [-0.05, 0) is 39.8 Å². The summed E-state index contributed by atoms with van der Waals surface area (Å²) in [5.74, 6) is -0.154. The van der Waals surface area contributed by atoms with Gasteiger partial charge in [0, 0.05) is 6.20 Å². The predicted octanol–water partition coefficient (Wildman–Crippen LogP) is 0.884. The second kappa shape index (κ2) is 5.68. The number of nitrogens with zero attached hydrogens (tertiary/aromatic N) is 3. The summed E-state index contributed by atoms with van der Waals surface area (Å²) in [6, 6.07) is 5.01. The van der Waals surface area contributed by atoms with Crippen molar-refractivity contribution in [3.05, 3.63) is 30.1 Å². The molecule has 2 heterocycles. The van der Waals surface area contributed by atoms with Gasteiger partial charge in [0.15, 0.2) is 0 Å². The molecule has 1 fully saturated rings. The lowest BCUT2D eigenvalue weighted by Gasteiger charge is -2.53. The predicted molar refractivity (Wildman–Crippen MR) is 79.9 cm³/mol. The Morgan fingerprint density at radius 3 is 2.50 bits per heavy atom. The van der Waals surface area contributed by atoms with Crippen LogP contribution in [0.25, 0.3) is 0 Å². The molecular weight excluding hydrogens is 282 g/mol. The Morgan fingerprint density at radius 2 is 2.05 bits per heavy atom. The zero-order valence-electron chi connectivity index (χ0n) is 13.6. The van der Waals surface area contributed by atoms with E-state index in [0.29, 0.717) is 25.3 Å². The van der Waals surface area contributed by atoms with Crippen molar-refractivity contribution in [3.63, 3.8) is 0 Å². The van der Waals surface area contributed by atoms with Crippen LogP contribution in [-0.2, 0) is 0 Å². The van der Waals surface area contributed by atoms with Crippen LogP contribution in [0, 0.1) is 0 Å². The van der Waals surface area contributed by atoms with Crippen molar-refractivity contribution in [1.29, 1.82) is 0 Å². The Morgan fingerprint density at radius 1 is 1.36 bits per heavy atom. The third-order valence-electron chi connectivity index (χ3n) is 4.61. The van der Waals surface area contributed by atoms with E-state index in [4.69, 9.17) is 0 Å². The summed E-state index contributed by atoms with van der Waals surface area (Å²) in [5, 5.41) is 11.8. The van der Waals surface area contributed by atoms with E-state index >= 15 is 0 Å². The number of hydrogen-bond donors (Lipinski definition) is 0. The van der Waals surface area contributed by atoms with Gasteiger partial charge in [-0.15, -0.1) is 0 Å². The van der Waals surface area contributed by atoms with Gasteiger partial charge in [0.1, 0.15) is 18.8 Å². The number of amides is 2. The van der Waals surface area contributed by atoms with Crippen molar-refractivity contribution in [1.82, 2.24) is 9.88 Å². The van der Waals surface area contributed by atoms with E-state index in [1.807, 2.05) is 27.7 Å². The summed E-state index contributed by atoms with van der Waals surface area (Å²) >= 11 is 0. The van der Waals surface area contributed by atoms with E-state index in [1.54, 1.807) is 29.3 Å². The lowest BCUT2D eigenvalue weighted by Crippen LogP contribution is -2.75. The Labute approximate surface area is 131 Å². The van der Waals surface area contributed by atoms with Crippen LogP contribution in [0.4, 0.5) is 4.79 Å². The highest BCUT2D eigenvalue weighted by atomic mass is 16.4. The number of pyridine rings is 1. The molecule has 0 aliphatic carbocycles. The van der Waals surface area contributed by atoms with E-state index in [0.717, 1.165) is 0 Å². The van der Waals surface area contributed by atoms with E-state index < -0.39 is 11.6 Å². The average Bonchev–Trinajstić information content (AvgIpc) is 2.46. The quantitative estimate of drug-likeness (QED) is 0.722. The molecule has 1 aromatic heterocycles. The third-order valence-corrected chi connectivity index (χ3v) is 4.61. The Bertz CT molecular complexity index is 568. The summed E-state index contributed by atoms with van der Waals surface area (Å²) in [4.78, 5) is 30.1. The molecule has 1 aliphatic rings. The second-order valence-corrected chi connectivity index (χ2v) is 6.87. The van der Waals surface area contributed by atoms with Crippen LogP contribution in [0.2, 0.25) is 0 Å². The first-order chi connectivity index (χ1) is 10.2. The summed E-state index contributed by atoms with van der Waals surface area (Å²) in [6.45, 7) is 8.62. The van der Waals surface area contributed by atoms with Crippen LogP contribution in [0.15, 0.2) is 24.4 Å². The fourth-order valence-corrected chi connectivity index (χ4v) is 3.13. The van der Waals surface area contributed by atoms with Crippen LogP contribution in [0.3, 0.4) is 0 Å². The van der Waals surface area contributed by atoms with Crippen LogP contribution in [0.5, 0.6) is 0 Å². The number of aromatic nitrogens is 1. The molecule has 2 atom stereocenters. The van der Waals surface area contributed by atoms with Crippen LogP contribution in [0.1, 0.15) is 38.2 Å². The maximum atomic E-state index is 12.5. The van der Waals surface area contributed by atoms with Gasteiger partial charge in [-0.3, -0.25) is 14.3 Å². The molecular formula is C16H23N3O3. The van der Waals surface area contributed by atoms with Gasteiger partial charge in [-0.2, -0.15) is 0 Å². The lowest BCUT2D eigenvalue weighted by molar-refractivity contribution is -0.925. The highest BCUT2D eigenvalue weighted by molar-refractivity contribution is 5.92. The molecule has 22 heavy (non-hydrogen) atoms. The standard InChI is InChI=1S/C16H23N3O3/c1-12-11-19(15(21)22,16(2,3)4)10-9-18(12)14(20)13-7-5-6-8-17-13/h5-8,12H,9-11H2,1-4H3/t12-,19?/m0/s1. The molecule has 0 saturated carbocycles. The van der Waals surface area contributed by atoms with Gasteiger partial charge in [0.05, 0.1) is 18.1 Å². The molecule has 1 unspecified atom stereocenters. The maximum Gasteiger partial charge on any atom is 0.273 e. The molecule has 2 amide bonds. The van der Waals surface area contributed by atoms with Gasteiger partial charge in [0.2, 0.25) is 0 Å². The molecule has 0 radical (unpaired) electrons. The SMILES string of the molecule is C[C@H]1C[N+](C(=O)[O-])(C(C)(C)C)CCN1C(=O)c1ccccn1. The topological polar surface area (TPSA) is 73.3 Å². The Balaban J connectivity index is 2.23. The zero-order valence-corrected chi connectivity index (χ0v) is 13.6. The first kappa shape index (κ1) is 16.4. The summed E-state index contributed by atoms with van der Waals surface area (Å²) < 4.78 is -0.139. The molecule has 1 aromatic rings. The van der Waals surface area contributed by atoms with Gasteiger partial charge < -0.3 is 14.8 Å². The molecule has 6 heteroatoms. The number of carbonyl (C=O) groups excluding carboxylic acids is 2. The molecule has 0 N–H and O–H groups in total. The monoisotopic (exact) mass is 305 g/mol. The average molecular weight is 305 g/mol. The number of piperazine rings is 1. The molecule has 6 nitrogen and oxygen atoms in total. The molecule has 1 saturated heterocycles. The Kier molecular flexibility index (Phi) is 4.24. The second-order valence-electron chi connectivity index (χ2n) is 6.87. The fourth-order valence-electron chi connectivity index (χ4n) is 3.13. The van der Waals surface area contributed by atoms with Crippen molar-refractivity contribution in [2.75, 3.05) is 19.6 Å².